The quantitative estimate of drug-likeness (QED) is 0.158. The van der Waals surface area contributed by atoms with E-state index in [2.05, 4.69) is 24.4 Å². The number of carbonyl (C=O) groups is 3. The van der Waals surface area contributed by atoms with Crippen LogP contribution in [0.25, 0.3) is 0 Å². The number of nitrogens with one attached hydrogen (secondary N) is 1. The van der Waals surface area contributed by atoms with Crippen molar-refractivity contribution in [2.24, 2.45) is 0 Å². The molecule has 0 aliphatic carbocycles. The van der Waals surface area contributed by atoms with E-state index in [4.69, 9.17) is 10.2 Å². The molecule has 0 saturated carbocycles. The van der Waals surface area contributed by atoms with Crippen LogP contribution in [0.3, 0.4) is 0 Å². The molecule has 0 rings (SSSR count). The Labute approximate surface area is 182 Å². The zero-order valence-electron chi connectivity index (χ0n) is 18.9. The van der Waals surface area contributed by atoms with Crippen molar-refractivity contribution < 1.29 is 24.6 Å². The fourth-order valence-electron chi connectivity index (χ4n) is 3.34. The van der Waals surface area contributed by atoms with Crippen LogP contribution in [0.5, 0.6) is 0 Å². The Morgan fingerprint density at radius 3 is 1.80 bits per heavy atom. The molecule has 0 aliphatic rings. The van der Waals surface area contributed by atoms with E-state index in [0.29, 0.717) is 6.42 Å². The second kappa shape index (κ2) is 20.4. The lowest BCUT2D eigenvalue weighted by atomic mass is 10.1. The number of carboxylic acids is 2. The fourth-order valence-corrected chi connectivity index (χ4v) is 3.34. The van der Waals surface area contributed by atoms with Crippen molar-refractivity contribution in [2.45, 2.75) is 122 Å². The van der Waals surface area contributed by atoms with Crippen molar-refractivity contribution in [2.75, 3.05) is 0 Å². The molecule has 0 heterocycles. The fraction of sp³-hybridized carbons (Fsp3) is 0.792. The van der Waals surface area contributed by atoms with Gasteiger partial charge in [-0.1, -0.05) is 70.4 Å². The number of carbonyl (C=O) groups excluding carboxylic acids is 1. The van der Waals surface area contributed by atoms with E-state index in [1.807, 2.05) is 0 Å². The normalized spacial score (nSPS) is 12.2. The van der Waals surface area contributed by atoms with Gasteiger partial charge in [0.2, 0.25) is 5.91 Å². The van der Waals surface area contributed by atoms with E-state index in [1.165, 1.54) is 51.4 Å². The lowest BCUT2D eigenvalue weighted by Crippen LogP contribution is -2.40. The maximum atomic E-state index is 11.9. The molecule has 6 heteroatoms. The van der Waals surface area contributed by atoms with E-state index >= 15 is 0 Å². The second-order valence-corrected chi connectivity index (χ2v) is 8.08. The summed E-state index contributed by atoms with van der Waals surface area (Å²) < 4.78 is 0. The number of hydrogen-bond donors (Lipinski definition) is 3. The Kier molecular flexibility index (Phi) is 19.2. The number of carboxylic acid groups (broad SMARTS) is 2. The summed E-state index contributed by atoms with van der Waals surface area (Å²) >= 11 is 0. The maximum Gasteiger partial charge on any atom is 0.326 e. The summed E-state index contributed by atoms with van der Waals surface area (Å²) in [6, 6.07) is -1.00. The van der Waals surface area contributed by atoms with Gasteiger partial charge in [0.15, 0.2) is 0 Å². The molecule has 0 aromatic rings. The van der Waals surface area contributed by atoms with Gasteiger partial charge in [-0.15, -0.1) is 0 Å². The number of rotatable bonds is 21. The number of aliphatic carboxylic acids is 2. The van der Waals surface area contributed by atoms with Gasteiger partial charge in [0, 0.05) is 12.8 Å². The van der Waals surface area contributed by atoms with Gasteiger partial charge in [-0.05, 0) is 44.9 Å². The molecule has 0 saturated heterocycles. The van der Waals surface area contributed by atoms with Gasteiger partial charge >= 0.3 is 11.9 Å². The highest BCUT2D eigenvalue weighted by Gasteiger charge is 2.19. The summed E-state index contributed by atoms with van der Waals surface area (Å²) in [7, 11) is 0. The molecule has 3 N–H and O–H groups in total. The maximum absolute atomic E-state index is 11.9. The lowest BCUT2D eigenvalue weighted by Gasteiger charge is -2.14. The third kappa shape index (κ3) is 19.5. The highest BCUT2D eigenvalue weighted by atomic mass is 16.4. The summed E-state index contributed by atoms with van der Waals surface area (Å²) in [6.45, 7) is 2.24. The summed E-state index contributed by atoms with van der Waals surface area (Å²) in [5.74, 6) is -2.34. The Morgan fingerprint density at radius 2 is 1.27 bits per heavy atom. The van der Waals surface area contributed by atoms with Crippen molar-refractivity contribution in [1.82, 2.24) is 5.32 Å². The van der Waals surface area contributed by atoms with Gasteiger partial charge in [0.1, 0.15) is 6.04 Å². The number of unbranched alkanes of at least 4 members (excludes halogenated alkanes) is 11. The highest BCUT2D eigenvalue weighted by Crippen LogP contribution is 2.10. The Balaban J connectivity index is 3.57. The van der Waals surface area contributed by atoms with Crippen LogP contribution >= 0.6 is 0 Å². The van der Waals surface area contributed by atoms with E-state index in [9.17, 15) is 14.4 Å². The van der Waals surface area contributed by atoms with E-state index in [1.54, 1.807) is 0 Å². The monoisotopic (exact) mass is 425 g/mol. The van der Waals surface area contributed by atoms with Gasteiger partial charge in [-0.3, -0.25) is 9.59 Å². The molecule has 0 fully saturated rings. The zero-order valence-corrected chi connectivity index (χ0v) is 18.9. The second-order valence-electron chi connectivity index (χ2n) is 8.08. The molecule has 0 aromatic heterocycles. The molecule has 0 bridgehead atoms. The van der Waals surface area contributed by atoms with Crippen LogP contribution in [0, 0.1) is 0 Å². The first-order valence-electron chi connectivity index (χ1n) is 11.9. The number of allylic oxidation sites excluding steroid dienone is 2. The molecule has 0 aromatic carbocycles. The van der Waals surface area contributed by atoms with Gasteiger partial charge in [-0.2, -0.15) is 0 Å². The van der Waals surface area contributed by atoms with Crippen LogP contribution in [0.2, 0.25) is 0 Å². The van der Waals surface area contributed by atoms with Gasteiger partial charge in [0.05, 0.1) is 0 Å². The van der Waals surface area contributed by atoms with Crippen LogP contribution in [-0.4, -0.2) is 34.1 Å². The summed E-state index contributed by atoms with van der Waals surface area (Å²) in [5, 5.41) is 20.2. The molecule has 1 atom stereocenters. The zero-order chi connectivity index (χ0) is 22.5. The minimum Gasteiger partial charge on any atom is -0.481 e. The van der Waals surface area contributed by atoms with Crippen molar-refractivity contribution >= 4 is 17.8 Å². The van der Waals surface area contributed by atoms with Crippen LogP contribution < -0.4 is 5.32 Å². The van der Waals surface area contributed by atoms with Crippen LogP contribution in [0.4, 0.5) is 0 Å². The van der Waals surface area contributed by atoms with Crippen LogP contribution in [-0.2, 0) is 14.4 Å². The molecule has 6 nitrogen and oxygen atoms in total. The molecule has 0 aliphatic heterocycles. The topological polar surface area (TPSA) is 104 Å². The summed E-state index contributed by atoms with van der Waals surface area (Å²) in [5.41, 5.74) is 0. The van der Waals surface area contributed by atoms with Crippen molar-refractivity contribution in [1.29, 1.82) is 0 Å². The van der Waals surface area contributed by atoms with Gasteiger partial charge in [0.25, 0.3) is 0 Å². The summed E-state index contributed by atoms with van der Waals surface area (Å²) in [4.78, 5) is 33.5. The van der Waals surface area contributed by atoms with Crippen molar-refractivity contribution in [3.63, 3.8) is 0 Å². The van der Waals surface area contributed by atoms with E-state index in [-0.39, 0.29) is 25.2 Å². The number of amides is 1. The molecular weight excluding hydrogens is 382 g/mol. The molecule has 1 amide bonds. The SMILES string of the molecule is CCCCCCCC/C=C\CCCCCCCC(=O)N[C@H](CCCC(=O)O)C(=O)O. The third-order valence-electron chi connectivity index (χ3n) is 5.18. The van der Waals surface area contributed by atoms with Crippen molar-refractivity contribution in [3.8, 4) is 0 Å². The minimum absolute atomic E-state index is 0.0894. The molecule has 0 radical (unpaired) electrons. The Hall–Kier alpha value is -1.85. The van der Waals surface area contributed by atoms with Crippen LogP contribution in [0.15, 0.2) is 12.2 Å². The molecule has 0 spiro atoms. The Bertz CT molecular complexity index is 490. The van der Waals surface area contributed by atoms with Gasteiger partial charge < -0.3 is 15.5 Å². The molecule has 174 valence electrons. The average Bonchev–Trinajstić information content (AvgIpc) is 2.69. The largest absolute Gasteiger partial charge is 0.481 e. The average molecular weight is 426 g/mol. The first-order chi connectivity index (χ1) is 14.5. The number of hydrogen-bond acceptors (Lipinski definition) is 3. The van der Waals surface area contributed by atoms with Crippen LogP contribution in [0.1, 0.15) is 116 Å². The van der Waals surface area contributed by atoms with E-state index in [0.717, 1.165) is 32.1 Å². The van der Waals surface area contributed by atoms with Gasteiger partial charge in [-0.25, -0.2) is 4.79 Å². The lowest BCUT2D eigenvalue weighted by molar-refractivity contribution is -0.142. The molecular formula is C24H43NO5. The smallest absolute Gasteiger partial charge is 0.326 e. The predicted molar refractivity (Wildman–Crippen MR) is 121 cm³/mol. The standard InChI is InChI=1S/C24H43NO5/c1-2-3-4-5-6-7-8-9-10-11-12-13-14-15-16-19-22(26)25-21(24(29)30)18-17-20-23(27)28/h9-10,21H,2-8,11-20H2,1H3,(H,25,26)(H,27,28)(H,29,30)/b10-9-/t21-/m1/s1. The minimum atomic E-state index is -1.11. The third-order valence-corrected chi connectivity index (χ3v) is 5.18. The van der Waals surface area contributed by atoms with E-state index < -0.39 is 18.0 Å². The first kappa shape index (κ1) is 28.1. The predicted octanol–water partition coefficient (Wildman–Crippen LogP) is 5.85. The molecule has 30 heavy (non-hydrogen) atoms. The Morgan fingerprint density at radius 1 is 0.733 bits per heavy atom. The first-order valence-corrected chi connectivity index (χ1v) is 11.9. The summed E-state index contributed by atoms with van der Waals surface area (Å²) in [6.07, 6.45) is 20.7. The molecule has 0 unspecified atom stereocenters. The van der Waals surface area contributed by atoms with Crippen molar-refractivity contribution in [3.05, 3.63) is 12.2 Å². The highest BCUT2D eigenvalue weighted by molar-refractivity contribution is 5.83.